The minimum atomic E-state index is -0.750. The smallest absolute Gasteiger partial charge is 0.307 e. The van der Waals surface area contributed by atoms with Gasteiger partial charge in [-0.1, -0.05) is 13.3 Å². The third-order valence-electron chi connectivity index (χ3n) is 2.98. The van der Waals surface area contributed by atoms with Crippen molar-refractivity contribution in [2.75, 3.05) is 11.9 Å². The maximum Gasteiger partial charge on any atom is 0.307 e. The highest BCUT2D eigenvalue weighted by Gasteiger charge is 2.18. The van der Waals surface area contributed by atoms with Crippen LogP contribution in [0.3, 0.4) is 0 Å². The molecule has 0 aliphatic carbocycles. The van der Waals surface area contributed by atoms with Crippen LogP contribution in [0, 0.1) is 0 Å². The molecule has 1 aliphatic heterocycles. The standard InChI is InChI=1S/C12H18N2O2/c1-2-4-10-9(7-11(15)16)8-14-6-3-5-13-12(10)14/h8,13H,2-7H2,1H3,(H,15,16). The number of carbonyl (C=O) groups is 1. The highest BCUT2D eigenvalue weighted by molar-refractivity contribution is 5.72. The Labute approximate surface area is 95.3 Å². The van der Waals surface area contributed by atoms with Gasteiger partial charge >= 0.3 is 5.97 Å². The molecule has 0 radical (unpaired) electrons. The number of hydrogen-bond donors (Lipinski definition) is 2. The number of hydrogen-bond acceptors (Lipinski definition) is 2. The lowest BCUT2D eigenvalue weighted by Gasteiger charge is -2.18. The molecule has 0 bridgehead atoms. The summed E-state index contributed by atoms with van der Waals surface area (Å²) in [6.45, 7) is 4.11. The molecule has 0 amide bonds. The van der Waals surface area contributed by atoms with Crippen LogP contribution in [0.1, 0.15) is 30.9 Å². The summed E-state index contributed by atoms with van der Waals surface area (Å²) in [5, 5.41) is 12.3. The van der Waals surface area contributed by atoms with Crippen LogP contribution in [0.4, 0.5) is 5.82 Å². The van der Waals surface area contributed by atoms with E-state index in [0.29, 0.717) is 0 Å². The molecule has 4 heteroatoms. The Hall–Kier alpha value is -1.45. The van der Waals surface area contributed by atoms with Gasteiger partial charge in [-0.2, -0.15) is 0 Å². The molecule has 16 heavy (non-hydrogen) atoms. The van der Waals surface area contributed by atoms with Crippen LogP contribution >= 0.6 is 0 Å². The molecule has 2 N–H and O–H groups in total. The first-order valence-electron chi connectivity index (χ1n) is 5.89. The van der Waals surface area contributed by atoms with E-state index in [1.165, 1.54) is 5.56 Å². The molecule has 0 spiro atoms. The van der Waals surface area contributed by atoms with Crippen molar-refractivity contribution < 1.29 is 9.90 Å². The van der Waals surface area contributed by atoms with E-state index in [2.05, 4.69) is 16.8 Å². The number of rotatable bonds is 4. The highest BCUT2D eigenvalue weighted by Crippen LogP contribution is 2.27. The SMILES string of the molecule is CCCc1c(CC(=O)O)cn2c1NCCC2. The molecule has 4 nitrogen and oxygen atoms in total. The fraction of sp³-hybridized carbons (Fsp3) is 0.583. The predicted molar refractivity (Wildman–Crippen MR) is 62.9 cm³/mol. The van der Waals surface area contributed by atoms with Crippen molar-refractivity contribution in [3.05, 3.63) is 17.3 Å². The molecule has 1 aromatic heterocycles. The van der Waals surface area contributed by atoms with Crippen molar-refractivity contribution in [3.8, 4) is 0 Å². The van der Waals surface area contributed by atoms with Crippen LogP contribution in [0.5, 0.6) is 0 Å². The van der Waals surface area contributed by atoms with Crippen molar-refractivity contribution in [2.24, 2.45) is 0 Å². The molecule has 2 heterocycles. The van der Waals surface area contributed by atoms with Gasteiger partial charge < -0.3 is 15.0 Å². The molecular weight excluding hydrogens is 204 g/mol. The summed E-state index contributed by atoms with van der Waals surface area (Å²) in [6, 6.07) is 0. The normalized spacial score (nSPS) is 14.3. The third-order valence-corrected chi connectivity index (χ3v) is 2.98. The summed E-state index contributed by atoms with van der Waals surface area (Å²) in [6.07, 6.45) is 5.25. The van der Waals surface area contributed by atoms with Gasteiger partial charge in [0.05, 0.1) is 6.42 Å². The first-order chi connectivity index (χ1) is 7.72. The Kier molecular flexibility index (Phi) is 3.17. The van der Waals surface area contributed by atoms with Gasteiger partial charge in [0.2, 0.25) is 0 Å². The fourth-order valence-electron chi connectivity index (χ4n) is 2.34. The average molecular weight is 222 g/mol. The summed E-state index contributed by atoms with van der Waals surface area (Å²) < 4.78 is 2.16. The van der Waals surface area contributed by atoms with Gasteiger partial charge in [-0.25, -0.2) is 0 Å². The molecule has 1 aliphatic rings. The van der Waals surface area contributed by atoms with Gasteiger partial charge in [0, 0.05) is 19.3 Å². The number of nitrogens with one attached hydrogen (secondary N) is 1. The second kappa shape index (κ2) is 4.60. The topological polar surface area (TPSA) is 54.3 Å². The molecule has 2 rings (SSSR count). The number of aromatic nitrogens is 1. The Bertz CT molecular complexity index is 396. The average Bonchev–Trinajstić information content (AvgIpc) is 2.57. The lowest BCUT2D eigenvalue weighted by molar-refractivity contribution is -0.136. The van der Waals surface area contributed by atoms with E-state index in [1.54, 1.807) is 0 Å². The van der Waals surface area contributed by atoms with Crippen molar-refractivity contribution in [1.82, 2.24) is 4.57 Å². The monoisotopic (exact) mass is 222 g/mol. The first kappa shape index (κ1) is 11.0. The molecule has 0 fully saturated rings. The van der Waals surface area contributed by atoms with E-state index in [9.17, 15) is 4.79 Å². The molecule has 0 saturated carbocycles. The lowest BCUT2D eigenvalue weighted by Crippen LogP contribution is -2.16. The molecule has 0 aromatic carbocycles. The summed E-state index contributed by atoms with van der Waals surface area (Å²) in [5.74, 6) is 0.393. The minimum absolute atomic E-state index is 0.136. The Morgan fingerprint density at radius 1 is 1.62 bits per heavy atom. The molecule has 0 unspecified atom stereocenters. The van der Waals surface area contributed by atoms with Gasteiger partial charge in [0.1, 0.15) is 5.82 Å². The molecular formula is C12H18N2O2. The zero-order chi connectivity index (χ0) is 11.5. The van der Waals surface area contributed by atoms with E-state index in [4.69, 9.17) is 5.11 Å². The summed E-state index contributed by atoms with van der Waals surface area (Å²) in [4.78, 5) is 10.8. The maximum absolute atomic E-state index is 10.8. The number of carboxylic acids is 1. The molecule has 0 saturated heterocycles. The number of anilines is 1. The van der Waals surface area contributed by atoms with Gasteiger partial charge in [-0.3, -0.25) is 4.79 Å². The Morgan fingerprint density at radius 2 is 2.44 bits per heavy atom. The zero-order valence-corrected chi connectivity index (χ0v) is 9.62. The van der Waals surface area contributed by atoms with Crippen LogP contribution in [0.25, 0.3) is 0 Å². The van der Waals surface area contributed by atoms with Crippen LogP contribution in [-0.2, 0) is 24.2 Å². The zero-order valence-electron chi connectivity index (χ0n) is 9.62. The predicted octanol–water partition coefficient (Wildman–Crippen LogP) is 1.88. The summed E-state index contributed by atoms with van der Waals surface area (Å²) >= 11 is 0. The second-order valence-corrected chi connectivity index (χ2v) is 4.28. The largest absolute Gasteiger partial charge is 0.481 e. The highest BCUT2D eigenvalue weighted by atomic mass is 16.4. The minimum Gasteiger partial charge on any atom is -0.481 e. The number of fused-ring (bicyclic) bond motifs is 1. The number of aliphatic carboxylic acids is 1. The molecule has 0 atom stereocenters. The van der Waals surface area contributed by atoms with Gasteiger partial charge in [-0.15, -0.1) is 0 Å². The molecule has 1 aromatic rings. The first-order valence-corrected chi connectivity index (χ1v) is 5.89. The quantitative estimate of drug-likeness (QED) is 0.818. The number of carboxylic acid groups (broad SMARTS) is 1. The number of aryl methyl sites for hydroxylation is 1. The van der Waals surface area contributed by atoms with E-state index >= 15 is 0 Å². The van der Waals surface area contributed by atoms with E-state index < -0.39 is 5.97 Å². The second-order valence-electron chi connectivity index (χ2n) is 4.28. The van der Waals surface area contributed by atoms with Gasteiger partial charge in [0.25, 0.3) is 0 Å². The fourth-order valence-corrected chi connectivity index (χ4v) is 2.34. The van der Waals surface area contributed by atoms with Crippen LogP contribution in [0.15, 0.2) is 6.20 Å². The van der Waals surface area contributed by atoms with Crippen LogP contribution < -0.4 is 5.32 Å². The lowest BCUT2D eigenvalue weighted by atomic mass is 10.1. The maximum atomic E-state index is 10.8. The summed E-state index contributed by atoms with van der Waals surface area (Å²) in [7, 11) is 0. The van der Waals surface area contributed by atoms with Crippen LogP contribution in [0.2, 0.25) is 0 Å². The summed E-state index contributed by atoms with van der Waals surface area (Å²) in [5.41, 5.74) is 2.17. The van der Waals surface area contributed by atoms with Crippen molar-refractivity contribution in [2.45, 2.75) is 39.2 Å². The van der Waals surface area contributed by atoms with Crippen LogP contribution in [-0.4, -0.2) is 22.2 Å². The van der Waals surface area contributed by atoms with Crippen molar-refractivity contribution in [1.29, 1.82) is 0 Å². The van der Waals surface area contributed by atoms with E-state index in [0.717, 1.165) is 43.7 Å². The number of nitrogens with zero attached hydrogens (tertiary/aromatic N) is 1. The Balaban J connectivity index is 2.34. The molecule has 88 valence electrons. The van der Waals surface area contributed by atoms with Gasteiger partial charge in [-0.05, 0) is 24.0 Å². The van der Waals surface area contributed by atoms with E-state index in [-0.39, 0.29) is 6.42 Å². The van der Waals surface area contributed by atoms with Crippen molar-refractivity contribution >= 4 is 11.8 Å². The van der Waals surface area contributed by atoms with E-state index in [1.807, 2.05) is 6.20 Å². The Morgan fingerprint density at radius 3 is 3.12 bits per heavy atom. The third kappa shape index (κ3) is 2.05. The van der Waals surface area contributed by atoms with Gasteiger partial charge in [0.15, 0.2) is 0 Å². The van der Waals surface area contributed by atoms with Crippen molar-refractivity contribution in [3.63, 3.8) is 0 Å².